The van der Waals surface area contributed by atoms with Crippen molar-refractivity contribution >= 4 is 5.97 Å². The lowest BCUT2D eigenvalue weighted by molar-refractivity contribution is -0.152. The Morgan fingerprint density at radius 2 is 2.06 bits per heavy atom. The van der Waals surface area contributed by atoms with Gasteiger partial charge in [-0.05, 0) is 38.5 Å². The largest absolute Gasteiger partial charge is 0.505 e. The lowest BCUT2D eigenvalue weighted by atomic mass is 9.97. The van der Waals surface area contributed by atoms with Crippen molar-refractivity contribution in [1.82, 2.24) is 0 Å². The van der Waals surface area contributed by atoms with E-state index in [0.29, 0.717) is 5.56 Å². The van der Waals surface area contributed by atoms with E-state index < -0.39 is 23.1 Å². The highest BCUT2D eigenvalue weighted by Gasteiger charge is 2.26. The first-order valence-corrected chi connectivity index (χ1v) is 5.12. The third-order valence-electron chi connectivity index (χ3n) is 2.34. The van der Waals surface area contributed by atoms with Gasteiger partial charge in [0.15, 0.2) is 11.6 Å². The van der Waals surface area contributed by atoms with Crippen LogP contribution in [0.1, 0.15) is 26.3 Å². The van der Waals surface area contributed by atoms with Crippen LogP contribution in [0.3, 0.4) is 0 Å². The summed E-state index contributed by atoms with van der Waals surface area (Å²) in [4.78, 5) is 11.4. The SMILES string of the molecule is C=C(C)C(=O)OC(C)(C)c1ccc(F)c(O)c1. The highest BCUT2D eigenvalue weighted by atomic mass is 19.1. The van der Waals surface area contributed by atoms with Gasteiger partial charge in [-0.3, -0.25) is 0 Å². The molecule has 0 atom stereocenters. The predicted octanol–water partition coefficient (Wildman–Crippen LogP) is 2.89. The Balaban J connectivity index is 3.00. The van der Waals surface area contributed by atoms with E-state index in [4.69, 9.17) is 4.74 Å². The standard InChI is InChI=1S/C13H15FO3/c1-8(2)12(16)17-13(3,4)9-5-6-10(14)11(15)7-9/h5-7,15H,1H2,2-4H3. The number of hydrogen-bond donors (Lipinski definition) is 1. The summed E-state index contributed by atoms with van der Waals surface area (Å²) in [6, 6.07) is 3.82. The van der Waals surface area contributed by atoms with Gasteiger partial charge in [-0.15, -0.1) is 0 Å². The van der Waals surface area contributed by atoms with E-state index in [1.165, 1.54) is 12.1 Å². The second-order valence-corrected chi connectivity index (χ2v) is 4.35. The number of carbonyl (C=O) groups excluding carboxylic acids is 1. The molecule has 1 aromatic rings. The molecule has 3 nitrogen and oxygen atoms in total. The van der Waals surface area contributed by atoms with Gasteiger partial charge in [0.2, 0.25) is 0 Å². The van der Waals surface area contributed by atoms with Gasteiger partial charge in [-0.25, -0.2) is 9.18 Å². The molecule has 0 saturated carbocycles. The van der Waals surface area contributed by atoms with E-state index in [9.17, 15) is 14.3 Å². The van der Waals surface area contributed by atoms with Crippen LogP contribution in [-0.2, 0) is 15.1 Å². The number of aromatic hydroxyl groups is 1. The monoisotopic (exact) mass is 238 g/mol. The van der Waals surface area contributed by atoms with Crippen molar-refractivity contribution in [3.05, 3.63) is 41.7 Å². The van der Waals surface area contributed by atoms with Crippen LogP contribution in [-0.4, -0.2) is 11.1 Å². The van der Waals surface area contributed by atoms with E-state index in [1.54, 1.807) is 20.8 Å². The highest BCUT2D eigenvalue weighted by molar-refractivity contribution is 5.87. The van der Waals surface area contributed by atoms with Gasteiger partial charge in [-0.1, -0.05) is 12.6 Å². The number of phenols is 1. The zero-order valence-electron chi connectivity index (χ0n) is 10.1. The van der Waals surface area contributed by atoms with Gasteiger partial charge in [0.1, 0.15) is 5.60 Å². The smallest absolute Gasteiger partial charge is 0.333 e. The number of esters is 1. The molecule has 0 aliphatic rings. The quantitative estimate of drug-likeness (QED) is 0.650. The van der Waals surface area contributed by atoms with Gasteiger partial charge in [-0.2, -0.15) is 0 Å². The molecule has 1 aromatic carbocycles. The molecule has 0 spiro atoms. The van der Waals surface area contributed by atoms with Crippen LogP contribution in [0.5, 0.6) is 5.75 Å². The van der Waals surface area contributed by atoms with E-state index in [0.717, 1.165) is 6.07 Å². The number of phenolic OH excluding ortho intramolecular Hbond substituents is 1. The maximum atomic E-state index is 12.9. The van der Waals surface area contributed by atoms with E-state index in [1.807, 2.05) is 0 Å². The number of ether oxygens (including phenoxy) is 1. The lowest BCUT2D eigenvalue weighted by Gasteiger charge is -2.25. The maximum Gasteiger partial charge on any atom is 0.333 e. The Labute approximate surface area is 99.5 Å². The maximum absolute atomic E-state index is 12.9. The topological polar surface area (TPSA) is 46.5 Å². The van der Waals surface area contributed by atoms with E-state index >= 15 is 0 Å². The summed E-state index contributed by atoms with van der Waals surface area (Å²) in [7, 11) is 0. The van der Waals surface area contributed by atoms with Crippen molar-refractivity contribution in [3.8, 4) is 5.75 Å². The normalized spacial score (nSPS) is 11.1. The highest BCUT2D eigenvalue weighted by Crippen LogP contribution is 2.29. The molecular formula is C13H15FO3. The molecule has 0 unspecified atom stereocenters. The third kappa shape index (κ3) is 3.06. The summed E-state index contributed by atoms with van der Waals surface area (Å²) in [6.07, 6.45) is 0. The summed E-state index contributed by atoms with van der Waals surface area (Å²) < 4.78 is 18.1. The second kappa shape index (κ2) is 4.57. The molecule has 0 amide bonds. The van der Waals surface area contributed by atoms with Crippen LogP contribution in [0.2, 0.25) is 0 Å². The summed E-state index contributed by atoms with van der Waals surface area (Å²) in [5.41, 5.74) is -0.170. The molecule has 4 heteroatoms. The van der Waals surface area contributed by atoms with Crippen molar-refractivity contribution in [2.45, 2.75) is 26.4 Å². The Kier molecular flexibility index (Phi) is 3.56. The first-order valence-electron chi connectivity index (χ1n) is 5.12. The molecule has 1 rings (SSSR count). The zero-order valence-corrected chi connectivity index (χ0v) is 10.1. The van der Waals surface area contributed by atoms with Crippen LogP contribution >= 0.6 is 0 Å². The molecule has 17 heavy (non-hydrogen) atoms. The summed E-state index contributed by atoms with van der Waals surface area (Å²) in [6.45, 7) is 8.33. The van der Waals surface area contributed by atoms with Gasteiger partial charge >= 0.3 is 5.97 Å². The number of carbonyl (C=O) groups is 1. The molecule has 0 fully saturated rings. The first kappa shape index (κ1) is 13.2. The van der Waals surface area contributed by atoms with Gasteiger partial charge in [0.25, 0.3) is 0 Å². The molecule has 0 aliphatic carbocycles. The fourth-order valence-corrected chi connectivity index (χ4v) is 1.26. The number of hydrogen-bond acceptors (Lipinski definition) is 3. The number of benzene rings is 1. The summed E-state index contributed by atoms with van der Waals surface area (Å²) in [5, 5.41) is 9.27. The fraction of sp³-hybridized carbons (Fsp3) is 0.308. The van der Waals surface area contributed by atoms with Crippen LogP contribution in [0.15, 0.2) is 30.4 Å². The molecule has 92 valence electrons. The molecule has 0 radical (unpaired) electrons. The Morgan fingerprint density at radius 3 is 2.53 bits per heavy atom. The van der Waals surface area contributed by atoms with Crippen molar-refractivity contribution in [2.75, 3.05) is 0 Å². The molecule has 0 heterocycles. The molecular weight excluding hydrogens is 223 g/mol. The molecule has 0 saturated heterocycles. The predicted molar refractivity (Wildman–Crippen MR) is 62.0 cm³/mol. The van der Waals surface area contributed by atoms with Crippen LogP contribution in [0.4, 0.5) is 4.39 Å². The zero-order chi connectivity index (χ0) is 13.2. The average molecular weight is 238 g/mol. The van der Waals surface area contributed by atoms with Crippen LogP contribution < -0.4 is 0 Å². The van der Waals surface area contributed by atoms with Gasteiger partial charge < -0.3 is 9.84 Å². The third-order valence-corrected chi connectivity index (χ3v) is 2.34. The molecule has 0 aliphatic heterocycles. The Morgan fingerprint density at radius 1 is 1.47 bits per heavy atom. The minimum Gasteiger partial charge on any atom is -0.505 e. The number of halogens is 1. The van der Waals surface area contributed by atoms with Crippen LogP contribution in [0, 0.1) is 5.82 Å². The van der Waals surface area contributed by atoms with Crippen molar-refractivity contribution in [2.24, 2.45) is 0 Å². The minimum atomic E-state index is -0.957. The van der Waals surface area contributed by atoms with E-state index in [2.05, 4.69) is 6.58 Å². The number of rotatable bonds is 3. The summed E-state index contributed by atoms with van der Waals surface area (Å²) >= 11 is 0. The second-order valence-electron chi connectivity index (χ2n) is 4.35. The summed E-state index contributed by atoms with van der Waals surface area (Å²) in [5.74, 6) is -1.71. The van der Waals surface area contributed by atoms with Crippen LogP contribution in [0.25, 0.3) is 0 Å². The van der Waals surface area contributed by atoms with E-state index in [-0.39, 0.29) is 5.57 Å². The van der Waals surface area contributed by atoms with Crippen molar-refractivity contribution < 1.29 is 19.0 Å². The molecule has 1 N–H and O–H groups in total. The fourth-order valence-electron chi connectivity index (χ4n) is 1.26. The Hall–Kier alpha value is -1.84. The molecule has 0 bridgehead atoms. The van der Waals surface area contributed by atoms with Crippen molar-refractivity contribution in [1.29, 1.82) is 0 Å². The van der Waals surface area contributed by atoms with Gasteiger partial charge in [0, 0.05) is 5.57 Å². The lowest BCUT2D eigenvalue weighted by Crippen LogP contribution is -2.25. The minimum absolute atomic E-state index is 0.282. The average Bonchev–Trinajstić information content (AvgIpc) is 2.21. The molecule has 0 aromatic heterocycles. The first-order chi connectivity index (χ1) is 7.74. The van der Waals surface area contributed by atoms with Gasteiger partial charge in [0.05, 0.1) is 0 Å². The Bertz CT molecular complexity index is 464. The van der Waals surface area contributed by atoms with Crippen molar-refractivity contribution in [3.63, 3.8) is 0 Å².